The van der Waals surface area contributed by atoms with E-state index in [1.807, 2.05) is 102 Å². The SMILES string of the molecule is Cc1sc(-c2ccccc2)nc1CCOc1ccc(CN(CC(=O)O)Cc2ccc(Oc3ccccc3)cc2)cc1. The highest BCUT2D eigenvalue weighted by Gasteiger charge is 2.13. The van der Waals surface area contributed by atoms with Crippen molar-refractivity contribution in [1.82, 2.24) is 9.88 Å². The number of carbonyl (C=O) groups is 1. The van der Waals surface area contributed by atoms with Gasteiger partial charge in [0.2, 0.25) is 0 Å². The summed E-state index contributed by atoms with van der Waals surface area (Å²) in [7, 11) is 0. The molecule has 0 radical (unpaired) electrons. The Bertz CT molecular complexity index is 1540. The lowest BCUT2D eigenvalue weighted by Gasteiger charge is -2.21. The molecule has 0 fully saturated rings. The van der Waals surface area contributed by atoms with Gasteiger partial charge in [0.05, 0.1) is 18.8 Å². The second-order valence-electron chi connectivity index (χ2n) is 9.73. The molecule has 1 aromatic heterocycles. The molecule has 0 aliphatic rings. The number of ether oxygens (including phenoxy) is 2. The number of carboxylic acids is 1. The van der Waals surface area contributed by atoms with E-state index < -0.39 is 5.97 Å². The van der Waals surface area contributed by atoms with Crippen LogP contribution in [-0.4, -0.2) is 34.1 Å². The van der Waals surface area contributed by atoms with Crippen molar-refractivity contribution < 1.29 is 19.4 Å². The molecular weight excluding hydrogens is 532 g/mol. The number of rotatable bonds is 13. The molecule has 0 unspecified atom stereocenters. The third-order valence-corrected chi connectivity index (χ3v) is 7.58. The van der Waals surface area contributed by atoms with Crippen LogP contribution < -0.4 is 9.47 Å². The molecule has 0 atom stereocenters. The van der Waals surface area contributed by atoms with Gasteiger partial charge in [-0.15, -0.1) is 11.3 Å². The summed E-state index contributed by atoms with van der Waals surface area (Å²) in [5.41, 5.74) is 4.23. The molecule has 7 heteroatoms. The summed E-state index contributed by atoms with van der Waals surface area (Å²) < 4.78 is 11.9. The van der Waals surface area contributed by atoms with Gasteiger partial charge < -0.3 is 14.6 Å². The molecule has 0 saturated heterocycles. The average Bonchev–Trinajstić information content (AvgIpc) is 3.36. The van der Waals surface area contributed by atoms with Crippen LogP contribution in [0.5, 0.6) is 17.2 Å². The number of hydrogen-bond donors (Lipinski definition) is 1. The summed E-state index contributed by atoms with van der Waals surface area (Å²) in [5.74, 6) is 1.43. The smallest absolute Gasteiger partial charge is 0.317 e. The van der Waals surface area contributed by atoms with Gasteiger partial charge in [-0.05, 0) is 54.4 Å². The second-order valence-corrected chi connectivity index (χ2v) is 10.9. The number of para-hydroxylation sites is 1. The number of thiazole rings is 1. The van der Waals surface area contributed by atoms with Gasteiger partial charge in [0.1, 0.15) is 22.3 Å². The van der Waals surface area contributed by atoms with Gasteiger partial charge in [-0.3, -0.25) is 9.69 Å². The van der Waals surface area contributed by atoms with Crippen LogP contribution in [0.2, 0.25) is 0 Å². The van der Waals surface area contributed by atoms with Crippen molar-refractivity contribution in [3.63, 3.8) is 0 Å². The molecule has 0 aliphatic heterocycles. The van der Waals surface area contributed by atoms with Crippen LogP contribution in [0.25, 0.3) is 10.6 Å². The van der Waals surface area contributed by atoms with E-state index in [1.54, 1.807) is 11.3 Å². The Kier molecular flexibility index (Phi) is 9.41. The standard InChI is InChI=1S/C34H32N2O4S/c1-25-32(35-34(41-25)28-8-4-2-5-9-28)20-21-39-29-16-12-26(13-17-29)22-36(24-33(37)38)23-27-14-18-31(19-15-27)40-30-10-6-3-7-11-30/h2-19H,20-24H2,1H3,(H,37,38). The first-order valence-corrected chi connectivity index (χ1v) is 14.3. The van der Waals surface area contributed by atoms with Crippen LogP contribution >= 0.6 is 11.3 Å². The van der Waals surface area contributed by atoms with Crippen molar-refractivity contribution in [2.75, 3.05) is 13.2 Å². The van der Waals surface area contributed by atoms with Gasteiger partial charge in [0.25, 0.3) is 0 Å². The number of aryl methyl sites for hydroxylation is 1. The molecule has 0 amide bonds. The number of aliphatic carboxylic acids is 1. The number of carboxylic acid groups (broad SMARTS) is 1. The van der Waals surface area contributed by atoms with E-state index in [-0.39, 0.29) is 6.54 Å². The molecule has 0 aliphatic carbocycles. The Morgan fingerprint density at radius 2 is 1.34 bits per heavy atom. The number of nitrogens with zero attached hydrogens (tertiary/aromatic N) is 2. The fourth-order valence-electron chi connectivity index (χ4n) is 4.48. The average molecular weight is 565 g/mol. The van der Waals surface area contributed by atoms with Crippen LogP contribution in [0.15, 0.2) is 109 Å². The first-order valence-electron chi connectivity index (χ1n) is 13.5. The van der Waals surface area contributed by atoms with Crippen molar-refractivity contribution in [2.24, 2.45) is 0 Å². The molecule has 1 N–H and O–H groups in total. The first kappa shape index (κ1) is 28.1. The molecular formula is C34H32N2O4S. The Morgan fingerprint density at radius 3 is 1.95 bits per heavy atom. The lowest BCUT2D eigenvalue weighted by atomic mass is 10.1. The molecule has 5 rings (SSSR count). The minimum absolute atomic E-state index is 0.0571. The summed E-state index contributed by atoms with van der Waals surface area (Å²) in [4.78, 5) is 19.5. The largest absolute Gasteiger partial charge is 0.493 e. The maximum atomic E-state index is 11.6. The van der Waals surface area contributed by atoms with Gasteiger partial charge in [0, 0.05) is 30.0 Å². The molecule has 0 bridgehead atoms. The van der Waals surface area contributed by atoms with Gasteiger partial charge in [-0.2, -0.15) is 0 Å². The van der Waals surface area contributed by atoms with E-state index in [1.165, 1.54) is 4.88 Å². The molecule has 6 nitrogen and oxygen atoms in total. The zero-order valence-electron chi connectivity index (χ0n) is 22.9. The quantitative estimate of drug-likeness (QED) is 0.159. The van der Waals surface area contributed by atoms with Crippen molar-refractivity contribution in [3.05, 3.63) is 131 Å². The van der Waals surface area contributed by atoms with Crippen LogP contribution in [0.4, 0.5) is 0 Å². The maximum absolute atomic E-state index is 11.6. The van der Waals surface area contributed by atoms with Crippen LogP contribution in [0.3, 0.4) is 0 Å². The van der Waals surface area contributed by atoms with E-state index in [0.717, 1.165) is 51.1 Å². The predicted molar refractivity (Wildman–Crippen MR) is 163 cm³/mol. The topological polar surface area (TPSA) is 71.9 Å². The number of hydrogen-bond acceptors (Lipinski definition) is 6. The Labute approximate surface area is 244 Å². The maximum Gasteiger partial charge on any atom is 0.317 e. The zero-order chi connectivity index (χ0) is 28.4. The van der Waals surface area contributed by atoms with Gasteiger partial charge in [-0.1, -0.05) is 72.8 Å². The third-order valence-electron chi connectivity index (χ3n) is 6.52. The highest BCUT2D eigenvalue weighted by Crippen LogP contribution is 2.28. The monoisotopic (exact) mass is 564 g/mol. The minimum atomic E-state index is -0.860. The van der Waals surface area contributed by atoms with E-state index in [4.69, 9.17) is 14.5 Å². The van der Waals surface area contributed by atoms with E-state index in [2.05, 4.69) is 19.1 Å². The Balaban J connectivity index is 1.14. The molecule has 0 spiro atoms. The molecule has 41 heavy (non-hydrogen) atoms. The minimum Gasteiger partial charge on any atom is -0.493 e. The number of benzene rings is 4. The first-order chi connectivity index (χ1) is 20.0. The molecule has 5 aromatic rings. The molecule has 0 saturated carbocycles. The van der Waals surface area contributed by atoms with Crippen LogP contribution in [0.1, 0.15) is 21.7 Å². The second kappa shape index (κ2) is 13.7. The summed E-state index contributed by atoms with van der Waals surface area (Å²) in [6.45, 7) is 3.60. The summed E-state index contributed by atoms with van der Waals surface area (Å²) in [6.07, 6.45) is 0.735. The van der Waals surface area contributed by atoms with E-state index in [9.17, 15) is 9.90 Å². The molecule has 4 aromatic carbocycles. The Hall–Kier alpha value is -4.46. The normalized spacial score (nSPS) is 11.0. The lowest BCUT2D eigenvalue weighted by molar-refractivity contribution is -0.138. The van der Waals surface area contributed by atoms with Crippen LogP contribution in [0, 0.1) is 6.92 Å². The number of aromatic nitrogens is 1. The third kappa shape index (κ3) is 8.27. The van der Waals surface area contributed by atoms with Crippen molar-refractivity contribution in [3.8, 4) is 27.8 Å². The summed E-state index contributed by atoms with van der Waals surface area (Å²) >= 11 is 1.71. The fourth-order valence-corrected chi connectivity index (χ4v) is 5.45. The van der Waals surface area contributed by atoms with Crippen molar-refractivity contribution in [2.45, 2.75) is 26.4 Å². The van der Waals surface area contributed by atoms with Crippen molar-refractivity contribution >= 4 is 17.3 Å². The molecule has 1 heterocycles. The van der Waals surface area contributed by atoms with Crippen molar-refractivity contribution in [1.29, 1.82) is 0 Å². The highest BCUT2D eigenvalue weighted by atomic mass is 32.1. The predicted octanol–water partition coefficient (Wildman–Crippen LogP) is 7.62. The zero-order valence-corrected chi connectivity index (χ0v) is 23.7. The summed E-state index contributed by atoms with van der Waals surface area (Å²) in [6, 6.07) is 35.4. The van der Waals surface area contributed by atoms with Gasteiger partial charge in [0.15, 0.2) is 0 Å². The van der Waals surface area contributed by atoms with Crippen LogP contribution in [-0.2, 0) is 24.3 Å². The summed E-state index contributed by atoms with van der Waals surface area (Å²) in [5, 5.41) is 10.5. The fraction of sp³-hybridized carbons (Fsp3) is 0.176. The van der Waals surface area contributed by atoms with E-state index >= 15 is 0 Å². The van der Waals surface area contributed by atoms with E-state index in [0.29, 0.717) is 19.7 Å². The lowest BCUT2D eigenvalue weighted by Crippen LogP contribution is -2.28. The Morgan fingerprint density at radius 1 is 0.780 bits per heavy atom. The highest BCUT2D eigenvalue weighted by molar-refractivity contribution is 7.15. The molecule has 208 valence electrons. The van der Waals surface area contributed by atoms with Gasteiger partial charge in [-0.25, -0.2) is 4.98 Å². The van der Waals surface area contributed by atoms with Gasteiger partial charge >= 0.3 is 5.97 Å².